The van der Waals surface area contributed by atoms with Crippen LogP contribution < -0.4 is 10.1 Å². The number of benzene rings is 3. The third-order valence-electron chi connectivity index (χ3n) is 6.40. The molecule has 6 nitrogen and oxygen atoms in total. The number of ether oxygens (including phenoxy) is 1. The van der Waals surface area contributed by atoms with Gasteiger partial charge in [-0.15, -0.1) is 11.3 Å². The van der Waals surface area contributed by atoms with Crippen LogP contribution in [0.25, 0.3) is 10.6 Å². The van der Waals surface area contributed by atoms with Crippen molar-refractivity contribution < 1.29 is 32.6 Å². The zero-order chi connectivity index (χ0) is 30.3. The topological polar surface area (TPSA) is 88.5 Å². The second-order valence-corrected chi connectivity index (χ2v) is 10.6. The summed E-state index contributed by atoms with van der Waals surface area (Å²) in [4.78, 5) is 30.3. The monoisotopic (exact) mass is 594 g/mol. The van der Waals surface area contributed by atoms with Crippen molar-refractivity contribution in [1.29, 1.82) is 0 Å². The fourth-order valence-corrected chi connectivity index (χ4v) is 5.22. The van der Waals surface area contributed by atoms with E-state index >= 15 is 0 Å². The number of halogens is 3. The quantitative estimate of drug-likeness (QED) is 0.132. The Labute approximate surface area is 245 Å². The van der Waals surface area contributed by atoms with E-state index in [-0.39, 0.29) is 17.7 Å². The van der Waals surface area contributed by atoms with Crippen LogP contribution in [0.1, 0.15) is 45.9 Å². The number of alkyl halides is 3. The molecule has 4 rings (SSSR count). The first-order chi connectivity index (χ1) is 20.0. The number of allylic oxidation sites excluding steroid dienone is 2. The summed E-state index contributed by atoms with van der Waals surface area (Å²) in [6.07, 6.45) is -2.36. The average molecular weight is 595 g/mol. The molecule has 218 valence electrons. The predicted molar refractivity (Wildman–Crippen MR) is 155 cm³/mol. The number of nitrogens with zero attached hydrogens (tertiary/aromatic N) is 1. The molecule has 1 heterocycles. The zero-order valence-corrected chi connectivity index (χ0v) is 23.8. The summed E-state index contributed by atoms with van der Waals surface area (Å²) in [5.41, 5.74) is 2.16. The van der Waals surface area contributed by atoms with Crippen LogP contribution in [0.4, 0.5) is 13.2 Å². The summed E-state index contributed by atoms with van der Waals surface area (Å²) in [5.74, 6) is -1.04. The van der Waals surface area contributed by atoms with Crippen LogP contribution >= 0.6 is 11.3 Å². The molecule has 1 aromatic heterocycles. The van der Waals surface area contributed by atoms with Gasteiger partial charge in [-0.2, -0.15) is 13.2 Å². The van der Waals surface area contributed by atoms with Crippen LogP contribution in [-0.2, 0) is 30.4 Å². The molecule has 0 saturated carbocycles. The highest BCUT2D eigenvalue weighted by molar-refractivity contribution is 7.15. The predicted octanol–water partition coefficient (Wildman–Crippen LogP) is 7.34. The van der Waals surface area contributed by atoms with Crippen LogP contribution in [0.15, 0.2) is 90.6 Å². The van der Waals surface area contributed by atoms with Gasteiger partial charge in [-0.05, 0) is 43.2 Å². The number of carbonyl (C=O) groups excluding carboxylic acids is 1. The van der Waals surface area contributed by atoms with E-state index in [0.717, 1.165) is 57.4 Å². The number of carbonyl (C=O) groups is 2. The minimum atomic E-state index is -4.50. The lowest BCUT2D eigenvalue weighted by Gasteiger charge is -2.16. The van der Waals surface area contributed by atoms with Crippen molar-refractivity contribution in [3.8, 4) is 16.3 Å². The Kier molecular flexibility index (Phi) is 9.80. The molecule has 2 N–H and O–H groups in total. The molecule has 0 spiro atoms. The van der Waals surface area contributed by atoms with Crippen LogP contribution in [0.5, 0.6) is 5.75 Å². The molecule has 0 amide bonds. The van der Waals surface area contributed by atoms with E-state index < -0.39 is 29.5 Å². The molecular weight excluding hydrogens is 565 g/mol. The highest BCUT2D eigenvalue weighted by Gasteiger charge is 2.30. The Morgan fingerprint density at radius 1 is 1.02 bits per heavy atom. The van der Waals surface area contributed by atoms with E-state index in [9.17, 15) is 27.9 Å². The highest BCUT2D eigenvalue weighted by atomic mass is 32.1. The first-order valence-corrected chi connectivity index (χ1v) is 14.0. The maximum atomic E-state index is 12.8. The van der Waals surface area contributed by atoms with Crippen molar-refractivity contribution in [3.05, 3.63) is 118 Å². The molecule has 4 aromatic rings. The Hall–Kier alpha value is -4.44. The molecule has 0 unspecified atom stereocenters. The minimum absolute atomic E-state index is 0.0617. The maximum Gasteiger partial charge on any atom is 0.416 e. The van der Waals surface area contributed by atoms with Gasteiger partial charge in [-0.1, -0.05) is 61.5 Å². The van der Waals surface area contributed by atoms with Gasteiger partial charge < -0.3 is 15.2 Å². The van der Waals surface area contributed by atoms with E-state index in [1.165, 1.54) is 13.0 Å². The van der Waals surface area contributed by atoms with Gasteiger partial charge in [0.1, 0.15) is 23.4 Å². The van der Waals surface area contributed by atoms with Crippen LogP contribution in [0.3, 0.4) is 0 Å². The summed E-state index contributed by atoms with van der Waals surface area (Å²) < 4.78 is 44.3. The molecule has 0 bridgehead atoms. The minimum Gasteiger partial charge on any atom is -0.487 e. The lowest BCUT2D eigenvalue weighted by Crippen LogP contribution is -2.37. The molecule has 3 aromatic carbocycles. The number of hydrogen-bond acceptors (Lipinski definition) is 6. The van der Waals surface area contributed by atoms with Gasteiger partial charge >= 0.3 is 12.1 Å². The molecule has 0 aliphatic heterocycles. The second-order valence-electron chi connectivity index (χ2n) is 9.55. The van der Waals surface area contributed by atoms with Crippen molar-refractivity contribution in [1.82, 2.24) is 10.3 Å². The van der Waals surface area contributed by atoms with Gasteiger partial charge in [-0.3, -0.25) is 4.79 Å². The Balaban J connectivity index is 1.35. The van der Waals surface area contributed by atoms with E-state index in [2.05, 4.69) is 12.2 Å². The van der Waals surface area contributed by atoms with E-state index in [4.69, 9.17) is 9.72 Å². The number of hydrogen-bond donors (Lipinski definition) is 2. The Morgan fingerprint density at radius 2 is 1.69 bits per heavy atom. The lowest BCUT2D eigenvalue weighted by molar-refractivity contribution is -0.139. The van der Waals surface area contributed by atoms with Gasteiger partial charge in [0.15, 0.2) is 5.78 Å². The fourth-order valence-electron chi connectivity index (χ4n) is 4.21. The molecule has 42 heavy (non-hydrogen) atoms. The van der Waals surface area contributed by atoms with E-state index in [1.807, 2.05) is 30.3 Å². The molecule has 0 fully saturated rings. The Morgan fingerprint density at radius 3 is 2.29 bits per heavy atom. The molecular formula is C32H29F3N2O4S. The first-order valence-electron chi connectivity index (χ1n) is 13.2. The van der Waals surface area contributed by atoms with Gasteiger partial charge in [0.05, 0.1) is 11.3 Å². The zero-order valence-electron chi connectivity index (χ0n) is 22.9. The van der Waals surface area contributed by atoms with Gasteiger partial charge in [0, 0.05) is 34.2 Å². The van der Waals surface area contributed by atoms with Crippen molar-refractivity contribution in [3.63, 3.8) is 0 Å². The SMILES string of the molecule is CCc1sc(-c2ccccc2)nc1COc1ccc(C[C@H](NC(C)=CC(=O)c2ccc(C(F)(F)F)cc2)C(=O)O)cc1. The summed E-state index contributed by atoms with van der Waals surface area (Å²) >= 11 is 1.65. The smallest absolute Gasteiger partial charge is 0.416 e. The van der Waals surface area contributed by atoms with Crippen molar-refractivity contribution in [2.24, 2.45) is 0 Å². The molecule has 0 radical (unpaired) electrons. The number of thiazole rings is 1. The van der Waals surface area contributed by atoms with Crippen molar-refractivity contribution in [2.75, 3.05) is 0 Å². The molecule has 0 aliphatic rings. The number of aryl methyl sites for hydroxylation is 1. The van der Waals surface area contributed by atoms with Crippen molar-refractivity contribution in [2.45, 2.75) is 45.5 Å². The standard InChI is InChI=1S/C32H29F3N2O4S/c1-3-29-27(37-30(42-29)23-7-5-4-6-8-23)19-41-25-15-9-21(10-16-25)18-26(31(39)40)36-20(2)17-28(38)22-11-13-24(14-12-22)32(33,34)35/h4-17,26,36H,3,18-19H2,1-2H3,(H,39,40)/t26-/m0/s1. The summed E-state index contributed by atoms with van der Waals surface area (Å²) in [5, 5.41) is 13.5. The Bertz CT molecular complexity index is 1550. The van der Waals surface area contributed by atoms with Gasteiger partial charge in [0.2, 0.25) is 0 Å². The number of nitrogens with one attached hydrogen (secondary N) is 1. The third-order valence-corrected chi connectivity index (χ3v) is 7.69. The number of aliphatic carboxylic acids is 1. The molecule has 1 atom stereocenters. The molecule has 0 aliphatic carbocycles. The molecule has 0 saturated heterocycles. The fraction of sp³-hybridized carbons (Fsp3) is 0.219. The summed E-state index contributed by atoms with van der Waals surface area (Å²) in [6, 6.07) is 19.9. The number of ketones is 1. The highest BCUT2D eigenvalue weighted by Crippen LogP contribution is 2.30. The normalized spacial score (nSPS) is 12.5. The van der Waals surface area contributed by atoms with Gasteiger partial charge in [0.25, 0.3) is 0 Å². The summed E-state index contributed by atoms with van der Waals surface area (Å²) in [6.45, 7) is 3.91. The first kappa shape index (κ1) is 30.5. The maximum absolute atomic E-state index is 12.8. The molecule has 10 heteroatoms. The average Bonchev–Trinajstić information content (AvgIpc) is 3.40. The van der Waals surface area contributed by atoms with Crippen LogP contribution in [-0.4, -0.2) is 27.9 Å². The number of rotatable bonds is 12. The third kappa shape index (κ3) is 8.07. The largest absolute Gasteiger partial charge is 0.487 e. The van der Waals surface area contributed by atoms with Crippen LogP contribution in [0, 0.1) is 0 Å². The number of aromatic nitrogens is 1. The number of carboxylic acid groups (broad SMARTS) is 1. The number of carboxylic acids is 1. The second kappa shape index (κ2) is 13.5. The van der Waals surface area contributed by atoms with E-state index in [0.29, 0.717) is 12.4 Å². The van der Waals surface area contributed by atoms with Crippen molar-refractivity contribution >= 4 is 23.1 Å². The van der Waals surface area contributed by atoms with Crippen LogP contribution in [0.2, 0.25) is 0 Å². The van der Waals surface area contributed by atoms with Gasteiger partial charge in [-0.25, -0.2) is 9.78 Å². The van der Waals surface area contributed by atoms with E-state index in [1.54, 1.807) is 35.6 Å². The lowest BCUT2D eigenvalue weighted by atomic mass is 10.0. The summed E-state index contributed by atoms with van der Waals surface area (Å²) in [7, 11) is 0.